The Morgan fingerprint density at radius 3 is 2.49 bits per heavy atom. The number of nitrogens with zero attached hydrogens (tertiary/aromatic N) is 3. The lowest BCUT2D eigenvalue weighted by Gasteiger charge is -2.30. The number of H-pyrrole nitrogens is 1. The maximum atomic E-state index is 6.20. The average Bonchev–Trinajstić information content (AvgIpc) is 3.53. The van der Waals surface area contributed by atoms with E-state index in [4.69, 9.17) is 31.1 Å². The van der Waals surface area contributed by atoms with Gasteiger partial charge in [-0.25, -0.2) is 9.98 Å². The summed E-state index contributed by atoms with van der Waals surface area (Å²) in [6.07, 6.45) is 1.63. The van der Waals surface area contributed by atoms with Gasteiger partial charge in [0.05, 0.1) is 19.9 Å². The quantitative estimate of drug-likeness (QED) is 0.331. The molecular weight excluding hydrogens is 480 g/mol. The molecule has 1 N–H and O–H groups in total. The summed E-state index contributed by atoms with van der Waals surface area (Å²) in [6.45, 7) is 0. The number of amidine groups is 2. The van der Waals surface area contributed by atoms with Gasteiger partial charge in [0.2, 0.25) is 0 Å². The van der Waals surface area contributed by atoms with E-state index < -0.39 is 0 Å². The Bertz CT molecular complexity index is 1520. The van der Waals surface area contributed by atoms with Crippen LogP contribution in [0.3, 0.4) is 0 Å². The van der Waals surface area contributed by atoms with Crippen molar-refractivity contribution in [3.63, 3.8) is 0 Å². The minimum atomic E-state index is -0.367. The van der Waals surface area contributed by atoms with E-state index in [2.05, 4.69) is 27.4 Å². The minimum Gasteiger partial charge on any atom is -0.493 e. The first-order valence-electron chi connectivity index (χ1n) is 11.0. The van der Waals surface area contributed by atoms with Crippen molar-refractivity contribution in [1.29, 1.82) is 0 Å². The highest BCUT2D eigenvalue weighted by Crippen LogP contribution is 2.42. The van der Waals surface area contributed by atoms with Crippen LogP contribution in [-0.4, -0.2) is 35.1 Å². The van der Waals surface area contributed by atoms with E-state index in [0.29, 0.717) is 16.5 Å². The number of rotatable bonds is 5. The van der Waals surface area contributed by atoms with Crippen LogP contribution in [0.15, 0.2) is 88.3 Å². The largest absolute Gasteiger partial charge is 0.493 e. The van der Waals surface area contributed by atoms with Crippen molar-refractivity contribution in [3.8, 4) is 11.5 Å². The fourth-order valence-corrected chi connectivity index (χ4v) is 5.39. The molecule has 6 rings (SSSR count). The molecule has 174 valence electrons. The molecule has 2 aliphatic rings. The molecule has 35 heavy (non-hydrogen) atoms. The van der Waals surface area contributed by atoms with Crippen LogP contribution in [0.5, 0.6) is 11.5 Å². The highest BCUT2D eigenvalue weighted by molar-refractivity contribution is 8.16. The molecule has 3 heterocycles. The van der Waals surface area contributed by atoms with Gasteiger partial charge in [0.1, 0.15) is 5.84 Å². The topological polar surface area (TPSA) is 62.2 Å². The first kappa shape index (κ1) is 21.8. The molecule has 1 aromatic heterocycles. The summed E-state index contributed by atoms with van der Waals surface area (Å²) in [4.78, 5) is 15.6. The van der Waals surface area contributed by atoms with Gasteiger partial charge in [-0.2, -0.15) is 0 Å². The van der Waals surface area contributed by atoms with Gasteiger partial charge in [0.15, 0.2) is 22.8 Å². The van der Waals surface area contributed by atoms with Gasteiger partial charge >= 0.3 is 0 Å². The first-order valence-corrected chi connectivity index (χ1v) is 12.3. The van der Waals surface area contributed by atoms with Crippen molar-refractivity contribution < 1.29 is 9.47 Å². The summed E-state index contributed by atoms with van der Waals surface area (Å²) in [7, 11) is 3.27. The summed E-state index contributed by atoms with van der Waals surface area (Å²) < 4.78 is 11.0. The van der Waals surface area contributed by atoms with Crippen molar-refractivity contribution in [1.82, 2.24) is 9.88 Å². The number of hydrogen-bond acceptors (Lipinski definition) is 6. The number of halogens is 1. The van der Waals surface area contributed by atoms with Gasteiger partial charge in [-0.15, -0.1) is 0 Å². The molecule has 0 spiro atoms. The lowest BCUT2D eigenvalue weighted by Crippen LogP contribution is -2.35. The summed E-state index contributed by atoms with van der Waals surface area (Å²) >= 11 is 7.79. The number of ether oxygens (including phenoxy) is 2. The standard InChI is InChI=1S/C27H21ClN4O2S/c1-33-23-12-9-17(13-24(23)34-2)22-15-35-27-31-25(20-14-29-21-6-4-3-5-19(20)21)30-26(32(22)27)16-7-10-18(28)11-8-16/h3-15,25,29H,1-2H3. The molecule has 0 saturated carbocycles. The van der Waals surface area contributed by atoms with E-state index in [-0.39, 0.29) is 6.17 Å². The predicted molar refractivity (Wildman–Crippen MR) is 143 cm³/mol. The third-order valence-electron chi connectivity index (χ3n) is 6.08. The Kier molecular flexibility index (Phi) is 5.51. The van der Waals surface area contributed by atoms with Crippen LogP contribution in [0, 0.1) is 0 Å². The van der Waals surface area contributed by atoms with Crippen LogP contribution in [0.2, 0.25) is 5.02 Å². The zero-order valence-electron chi connectivity index (χ0n) is 19.0. The average molecular weight is 501 g/mol. The molecular formula is C27H21ClN4O2S. The number of aliphatic imine (C=N–C) groups is 2. The molecule has 0 radical (unpaired) electrons. The number of nitrogens with one attached hydrogen (secondary N) is 1. The summed E-state index contributed by atoms with van der Waals surface area (Å²) in [5.74, 6) is 2.16. The molecule has 1 atom stereocenters. The number of benzene rings is 3. The van der Waals surface area contributed by atoms with Gasteiger partial charge in [-0.05, 0) is 48.5 Å². The van der Waals surface area contributed by atoms with Crippen LogP contribution in [-0.2, 0) is 0 Å². The van der Waals surface area contributed by atoms with E-state index in [1.807, 2.05) is 60.8 Å². The van der Waals surface area contributed by atoms with E-state index in [0.717, 1.165) is 44.3 Å². The molecule has 0 fully saturated rings. The molecule has 8 heteroatoms. The SMILES string of the molecule is COc1ccc(C2=CSC3=NC(c4c[nH]c5ccccc45)N=C(c4ccc(Cl)cc4)N23)cc1OC. The number of methoxy groups -OCH3 is 2. The normalized spacial score (nSPS) is 17.1. The molecule has 6 nitrogen and oxygen atoms in total. The predicted octanol–water partition coefficient (Wildman–Crippen LogP) is 6.70. The Balaban J connectivity index is 1.47. The van der Waals surface area contributed by atoms with Crippen molar-refractivity contribution in [2.24, 2.45) is 9.98 Å². The van der Waals surface area contributed by atoms with E-state index >= 15 is 0 Å². The highest BCUT2D eigenvalue weighted by Gasteiger charge is 2.35. The second-order valence-corrected chi connectivity index (χ2v) is 9.33. The Morgan fingerprint density at radius 1 is 0.914 bits per heavy atom. The lowest BCUT2D eigenvalue weighted by molar-refractivity contribution is 0.355. The molecule has 0 saturated heterocycles. The second-order valence-electron chi connectivity index (χ2n) is 8.06. The van der Waals surface area contributed by atoms with Gasteiger partial charge in [-0.3, -0.25) is 4.90 Å². The maximum absolute atomic E-state index is 6.20. The molecule has 3 aromatic carbocycles. The van der Waals surface area contributed by atoms with Gasteiger partial charge < -0.3 is 14.5 Å². The second kappa shape index (κ2) is 8.83. The Hall–Kier alpha value is -3.68. The summed E-state index contributed by atoms with van der Waals surface area (Å²) in [5, 5.41) is 4.76. The molecule has 0 amide bonds. The fourth-order valence-electron chi connectivity index (χ4n) is 4.36. The van der Waals surface area contributed by atoms with Crippen molar-refractivity contribution >= 4 is 51.0 Å². The summed E-state index contributed by atoms with van der Waals surface area (Å²) in [5.41, 5.74) is 5.02. The lowest BCUT2D eigenvalue weighted by atomic mass is 10.1. The molecule has 2 aliphatic heterocycles. The monoisotopic (exact) mass is 500 g/mol. The maximum Gasteiger partial charge on any atom is 0.176 e. The minimum absolute atomic E-state index is 0.367. The zero-order valence-corrected chi connectivity index (χ0v) is 20.6. The molecule has 4 aromatic rings. The smallest absolute Gasteiger partial charge is 0.176 e. The third kappa shape index (κ3) is 3.77. The summed E-state index contributed by atoms with van der Waals surface area (Å²) in [6, 6.07) is 21.9. The van der Waals surface area contributed by atoms with Crippen LogP contribution < -0.4 is 9.47 Å². The van der Waals surface area contributed by atoms with Crippen LogP contribution in [0.25, 0.3) is 16.6 Å². The number of hydrogen-bond donors (Lipinski definition) is 1. The van der Waals surface area contributed by atoms with Crippen LogP contribution >= 0.6 is 23.4 Å². The fraction of sp³-hybridized carbons (Fsp3) is 0.111. The third-order valence-corrected chi connectivity index (χ3v) is 7.17. The van der Waals surface area contributed by atoms with Gasteiger partial charge in [0.25, 0.3) is 0 Å². The van der Waals surface area contributed by atoms with E-state index in [1.165, 1.54) is 0 Å². The number of fused-ring (bicyclic) bond motifs is 2. The van der Waals surface area contributed by atoms with Crippen molar-refractivity contribution in [2.45, 2.75) is 6.17 Å². The van der Waals surface area contributed by atoms with E-state index in [1.54, 1.807) is 26.0 Å². The number of thioether (sulfide) groups is 1. The number of para-hydroxylation sites is 1. The number of aromatic nitrogens is 1. The Labute approximate surface area is 211 Å². The molecule has 0 aliphatic carbocycles. The first-order chi connectivity index (χ1) is 17.2. The van der Waals surface area contributed by atoms with Crippen molar-refractivity contribution in [3.05, 3.63) is 100 Å². The number of aromatic amines is 1. The molecule has 1 unspecified atom stereocenters. The van der Waals surface area contributed by atoms with E-state index in [9.17, 15) is 0 Å². The Morgan fingerprint density at radius 2 is 1.69 bits per heavy atom. The molecule has 0 bridgehead atoms. The zero-order chi connectivity index (χ0) is 23.9. The van der Waals surface area contributed by atoms with Crippen LogP contribution in [0.4, 0.5) is 0 Å². The van der Waals surface area contributed by atoms with Gasteiger partial charge in [0, 0.05) is 44.2 Å². The van der Waals surface area contributed by atoms with Crippen LogP contribution in [0.1, 0.15) is 22.9 Å². The van der Waals surface area contributed by atoms with Crippen molar-refractivity contribution in [2.75, 3.05) is 14.2 Å². The van der Waals surface area contributed by atoms with Gasteiger partial charge in [-0.1, -0.05) is 41.6 Å². The highest BCUT2D eigenvalue weighted by atomic mass is 35.5.